The van der Waals surface area contributed by atoms with Crippen molar-refractivity contribution in [1.82, 2.24) is 14.8 Å². The van der Waals surface area contributed by atoms with Crippen molar-refractivity contribution in [3.8, 4) is 0 Å². The molecule has 0 atom stereocenters. The molecule has 0 amide bonds. The molecular weight excluding hydrogens is 305 g/mol. The Kier molecular flexibility index (Phi) is 3.86. The van der Waals surface area contributed by atoms with Crippen LogP contribution < -0.4 is 10.2 Å². The second kappa shape index (κ2) is 6.31. The summed E-state index contributed by atoms with van der Waals surface area (Å²) < 4.78 is 14.8. The molecular formula is C18H18FN5. The van der Waals surface area contributed by atoms with Gasteiger partial charge in [-0.05, 0) is 54.4 Å². The van der Waals surface area contributed by atoms with Crippen LogP contribution in [0.1, 0.15) is 5.56 Å². The van der Waals surface area contributed by atoms with Gasteiger partial charge in [0.05, 0.1) is 6.54 Å². The minimum absolute atomic E-state index is 0.225. The van der Waals surface area contributed by atoms with E-state index in [-0.39, 0.29) is 5.82 Å². The number of hydrogen-bond donors (Lipinski definition) is 1. The van der Waals surface area contributed by atoms with E-state index in [1.165, 1.54) is 23.4 Å². The number of benzene rings is 2. The van der Waals surface area contributed by atoms with Crippen molar-refractivity contribution >= 4 is 17.1 Å². The van der Waals surface area contributed by atoms with Gasteiger partial charge in [0.25, 0.3) is 0 Å². The van der Waals surface area contributed by atoms with Crippen molar-refractivity contribution in [2.75, 3.05) is 23.3 Å². The fraction of sp³-hybridized carbons (Fsp3) is 0.222. The summed E-state index contributed by atoms with van der Waals surface area (Å²) in [6.07, 6.45) is 4.34. The highest BCUT2D eigenvalue weighted by Gasteiger charge is 2.19. The van der Waals surface area contributed by atoms with E-state index in [1.54, 1.807) is 24.8 Å². The van der Waals surface area contributed by atoms with E-state index in [0.717, 1.165) is 37.4 Å². The molecule has 1 N–H and O–H groups in total. The van der Waals surface area contributed by atoms with Crippen LogP contribution in [0.4, 0.5) is 21.5 Å². The van der Waals surface area contributed by atoms with Crippen molar-refractivity contribution in [2.24, 2.45) is 0 Å². The van der Waals surface area contributed by atoms with Crippen LogP contribution in [0.2, 0.25) is 0 Å². The number of aromatic nitrogens is 3. The van der Waals surface area contributed by atoms with Crippen molar-refractivity contribution < 1.29 is 4.39 Å². The molecule has 0 bridgehead atoms. The van der Waals surface area contributed by atoms with E-state index in [1.807, 2.05) is 4.68 Å². The van der Waals surface area contributed by atoms with Gasteiger partial charge in [0.1, 0.15) is 18.5 Å². The minimum atomic E-state index is -0.225. The number of rotatable bonds is 5. The van der Waals surface area contributed by atoms with Crippen LogP contribution in [-0.2, 0) is 13.0 Å². The van der Waals surface area contributed by atoms with Gasteiger partial charge in [-0.2, -0.15) is 5.10 Å². The van der Waals surface area contributed by atoms with E-state index in [2.05, 4.69) is 38.5 Å². The van der Waals surface area contributed by atoms with E-state index in [0.29, 0.717) is 0 Å². The number of halogens is 1. The van der Waals surface area contributed by atoms with Gasteiger partial charge in [0.15, 0.2) is 0 Å². The molecule has 6 heteroatoms. The summed E-state index contributed by atoms with van der Waals surface area (Å²) in [4.78, 5) is 6.34. The summed E-state index contributed by atoms with van der Waals surface area (Å²) in [7, 11) is 0. The zero-order valence-corrected chi connectivity index (χ0v) is 13.2. The van der Waals surface area contributed by atoms with Gasteiger partial charge in [-0.25, -0.2) is 9.37 Å². The zero-order valence-electron chi connectivity index (χ0n) is 13.2. The predicted molar refractivity (Wildman–Crippen MR) is 92.1 cm³/mol. The summed E-state index contributed by atoms with van der Waals surface area (Å²) in [5.41, 5.74) is 4.52. The van der Waals surface area contributed by atoms with Crippen LogP contribution in [0.25, 0.3) is 0 Å². The Labute approximate surface area is 139 Å². The quantitative estimate of drug-likeness (QED) is 0.783. The predicted octanol–water partition coefficient (Wildman–Crippen LogP) is 3.22. The highest BCUT2D eigenvalue weighted by molar-refractivity contribution is 5.68. The maximum Gasteiger partial charge on any atom is 0.137 e. The van der Waals surface area contributed by atoms with Gasteiger partial charge >= 0.3 is 0 Å². The van der Waals surface area contributed by atoms with Crippen LogP contribution in [0.15, 0.2) is 55.1 Å². The van der Waals surface area contributed by atoms with E-state index >= 15 is 0 Å². The maximum absolute atomic E-state index is 13.0. The average molecular weight is 323 g/mol. The molecule has 5 nitrogen and oxygen atoms in total. The molecule has 0 saturated carbocycles. The first-order valence-corrected chi connectivity index (χ1v) is 8.01. The molecule has 2 heterocycles. The SMILES string of the molecule is Fc1ccc(Nc2ccc3c(c2)CCN3CCn2cncn2)cc1. The lowest BCUT2D eigenvalue weighted by Crippen LogP contribution is -2.25. The highest BCUT2D eigenvalue weighted by atomic mass is 19.1. The zero-order chi connectivity index (χ0) is 16.4. The average Bonchev–Trinajstić information content (AvgIpc) is 3.24. The Morgan fingerprint density at radius 2 is 1.88 bits per heavy atom. The van der Waals surface area contributed by atoms with Crippen LogP contribution in [-0.4, -0.2) is 27.9 Å². The summed E-state index contributed by atoms with van der Waals surface area (Å²) in [5, 5.41) is 7.46. The number of nitrogens with zero attached hydrogens (tertiary/aromatic N) is 4. The van der Waals surface area contributed by atoms with Gasteiger partial charge in [-0.15, -0.1) is 0 Å². The third-order valence-corrected chi connectivity index (χ3v) is 4.27. The van der Waals surface area contributed by atoms with Gasteiger partial charge in [0.2, 0.25) is 0 Å². The molecule has 0 radical (unpaired) electrons. The largest absolute Gasteiger partial charge is 0.369 e. The third-order valence-electron chi connectivity index (χ3n) is 4.27. The summed E-state index contributed by atoms with van der Waals surface area (Å²) in [6.45, 7) is 2.76. The highest BCUT2D eigenvalue weighted by Crippen LogP contribution is 2.31. The second-order valence-corrected chi connectivity index (χ2v) is 5.87. The van der Waals surface area contributed by atoms with Crippen molar-refractivity contribution in [3.05, 3.63) is 66.5 Å². The first-order valence-electron chi connectivity index (χ1n) is 8.01. The molecule has 2 aromatic carbocycles. The molecule has 122 valence electrons. The molecule has 1 aliphatic heterocycles. The fourth-order valence-corrected chi connectivity index (χ4v) is 3.05. The molecule has 0 saturated heterocycles. The Morgan fingerprint density at radius 1 is 1.04 bits per heavy atom. The molecule has 4 rings (SSSR count). The first kappa shape index (κ1) is 14.7. The van der Waals surface area contributed by atoms with Gasteiger partial charge in [0, 0.05) is 30.2 Å². The van der Waals surface area contributed by atoms with Crippen LogP contribution in [0.5, 0.6) is 0 Å². The molecule has 1 aliphatic rings. The normalized spacial score (nSPS) is 13.1. The standard InChI is InChI=1S/C18H18FN5/c19-15-1-3-16(4-2-15)22-17-5-6-18-14(11-17)7-8-23(18)9-10-24-13-20-12-21-24/h1-6,11-13,22H,7-10H2. The topological polar surface area (TPSA) is 46.0 Å². The third kappa shape index (κ3) is 3.08. The van der Waals surface area contributed by atoms with Crippen molar-refractivity contribution in [3.63, 3.8) is 0 Å². The molecule has 0 unspecified atom stereocenters. The van der Waals surface area contributed by atoms with Crippen molar-refractivity contribution in [2.45, 2.75) is 13.0 Å². The summed E-state index contributed by atoms with van der Waals surface area (Å²) >= 11 is 0. The van der Waals surface area contributed by atoms with E-state index in [9.17, 15) is 4.39 Å². The monoisotopic (exact) mass is 323 g/mol. The molecule has 0 aliphatic carbocycles. The van der Waals surface area contributed by atoms with Gasteiger partial charge in [-0.1, -0.05) is 0 Å². The molecule has 24 heavy (non-hydrogen) atoms. The molecule has 0 fully saturated rings. The van der Waals surface area contributed by atoms with Gasteiger partial charge in [-0.3, -0.25) is 4.68 Å². The van der Waals surface area contributed by atoms with Crippen molar-refractivity contribution in [1.29, 1.82) is 0 Å². The second-order valence-electron chi connectivity index (χ2n) is 5.87. The number of anilines is 3. The Bertz CT molecular complexity index is 814. The Morgan fingerprint density at radius 3 is 2.67 bits per heavy atom. The number of fused-ring (bicyclic) bond motifs is 1. The smallest absolute Gasteiger partial charge is 0.137 e. The lowest BCUT2D eigenvalue weighted by atomic mass is 10.1. The van der Waals surface area contributed by atoms with Crippen LogP contribution in [0.3, 0.4) is 0 Å². The Balaban J connectivity index is 1.45. The number of nitrogens with one attached hydrogen (secondary N) is 1. The lowest BCUT2D eigenvalue weighted by Gasteiger charge is -2.19. The molecule has 0 spiro atoms. The van der Waals surface area contributed by atoms with Crippen LogP contribution in [0, 0.1) is 5.82 Å². The molecule has 3 aromatic rings. The maximum atomic E-state index is 13.0. The first-order chi connectivity index (χ1) is 11.8. The van der Waals surface area contributed by atoms with Gasteiger partial charge < -0.3 is 10.2 Å². The Hall–Kier alpha value is -2.89. The minimum Gasteiger partial charge on any atom is -0.369 e. The lowest BCUT2D eigenvalue weighted by molar-refractivity contribution is 0.601. The van der Waals surface area contributed by atoms with E-state index < -0.39 is 0 Å². The summed E-state index contributed by atoms with van der Waals surface area (Å²) in [6, 6.07) is 12.8. The number of hydrogen-bond acceptors (Lipinski definition) is 4. The molecule has 1 aromatic heterocycles. The van der Waals surface area contributed by atoms with E-state index in [4.69, 9.17) is 0 Å². The summed E-state index contributed by atoms with van der Waals surface area (Å²) in [5.74, 6) is -0.225. The van der Waals surface area contributed by atoms with Crippen LogP contribution >= 0.6 is 0 Å². The fourth-order valence-electron chi connectivity index (χ4n) is 3.05.